The van der Waals surface area contributed by atoms with E-state index in [0.717, 1.165) is 21.3 Å². The van der Waals surface area contributed by atoms with Crippen molar-refractivity contribution in [1.29, 1.82) is 0 Å². The van der Waals surface area contributed by atoms with Gasteiger partial charge in [-0.25, -0.2) is 0 Å². The second-order valence-electron chi connectivity index (χ2n) is 3.70. The van der Waals surface area contributed by atoms with Crippen molar-refractivity contribution in [3.05, 3.63) is 64.1 Å². The Morgan fingerprint density at radius 2 is 1.76 bits per heavy atom. The fraction of sp³-hybridized carbons (Fsp3) is 0.143. The van der Waals surface area contributed by atoms with E-state index in [4.69, 9.17) is 9.84 Å². The molecule has 0 fully saturated rings. The molecule has 0 aliphatic heterocycles. The highest BCUT2D eigenvalue weighted by atomic mass is 79.9. The van der Waals surface area contributed by atoms with Crippen LogP contribution >= 0.6 is 15.9 Å². The lowest BCUT2D eigenvalue weighted by molar-refractivity contribution is 0.277. The van der Waals surface area contributed by atoms with Crippen molar-refractivity contribution in [3.63, 3.8) is 0 Å². The number of hydrogen-bond acceptors (Lipinski definition) is 2. The smallest absolute Gasteiger partial charge is 0.134 e. The molecular formula is C14H13BrO2. The first-order chi connectivity index (χ1) is 8.29. The highest BCUT2D eigenvalue weighted by molar-refractivity contribution is 9.10. The molecule has 88 valence electrons. The molecule has 0 spiro atoms. The van der Waals surface area contributed by atoms with Gasteiger partial charge in [0.05, 0.1) is 11.1 Å². The van der Waals surface area contributed by atoms with E-state index in [-0.39, 0.29) is 6.61 Å². The maximum atomic E-state index is 9.07. The van der Waals surface area contributed by atoms with Crippen molar-refractivity contribution < 1.29 is 9.84 Å². The zero-order valence-electron chi connectivity index (χ0n) is 9.27. The SMILES string of the molecule is OCc1ccc(Br)c(OCc2ccccc2)c1. The molecule has 0 amide bonds. The van der Waals surface area contributed by atoms with Gasteiger partial charge in [0.25, 0.3) is 0 Å². The summed E-state index contributed by atoms with van der Waals surface area (Å²) in [6.07, 6.45) is 0. The predicted molar refractivity (Wildman–Crippen MR) is 70.8 cm³/mol. The van der Waals surface area contributed by atoms with Crippen LogP contribution in [0.15, 0.2) is 53.0 Å². The van der Waals surface area contributed by atoms with Gasteiger partial charge in [-0.1, -0.05) is 36.4 Å². The third-order valence-corrected chi connectivity index (χ3v) is 3.07. The molecule has 2 rings (SSSR count). The highest BCUT2D eigenvalue weighted by Crippen LogP contribution is 2.26. The summed E-state index contributed by atoms with van der Waals surface area (Å²) in [6, 6.07) is 15.6. The molecule has 0 heterocycles. The van der Waals surface area contributed by atoms with Gasteiger partial charge >= 0.3 is 0 Å². The molecule has 0 bridgehead atoms. The summed E-state index contributed by atoms with van der Waals surface area (Å²) in [5, 5.41) is 9.07. The van der Waals surface area contributed by atoms with Crippen molar-refractivity contribution in [2.45, 2.75) is 13.2 Å². The Kier molecular flexibility index (Phi) is 4.18. The van der Waals surface area contributed by atoms with Crippen LogP contribution in [0.1, 0.15) is 11.1 Å². The van der Waals surface area contributed by atoms with Crippen LogP contribution < -0.4 is 4.74 Å². The fourth-order valence-corrected chi connectivity index (χ4v) is 1.85. The van der Waals surface area contributed by atoms with Crippen LogP contribution in [0.3, 0.4) is 0 Å². The van der Waals surface area contributed by atoms with Crippen LogP contribution in [0, 0.1) is 0 Å². The van der Waals surface area contributed by atoms with Gasteiger partial charge in [0.2, 0.25) is 0 Å². The molecule has 0 radical (unpaired) electrons. The lowest BCUT2D eigenvalue weighted by Gasteiger charge is -2.09. The zero-order valence-corrected chi connectivity index (χ0v) is 10.9. The molecule has 17 heavy (non-hydrogen) atoms. The fourth-order valence-electron chi connectivity index (χ4n) is 1.49. The molecule has 0 saturated carbocycles. The second-order valence-corrected chi connectivity index (χ2v) is 4.55. The van der Waals surface area contributed by atoms with Crippen molar-refractivity contribution in [3.8, 4) is 5.75 Å². The van der Waals surface area contributed by atoms with Gasteiger partial charge in [0.1, 0.15) is 12.4 Å². The minimum Gasteiger partial charge on any atom is -0.488 e. The monoisotopic (exact) mass is 292 g/mol. The topological polar surface area (TPSA) is 29.5 Å². The average Bonchev–Trinajstić information content (AvgIpc) is 2.39. The lowest BCUT2D eigenvalue weighted by atomic mass is 10.2. The Morgan fingerprint density at radius 1 is 1.00 bits per heavy atom. The second kappa shape index (κ2) is 5.84. The Balaban J connectivity index is 2.08. The molecular weight excluding hydrogens is 280 g/mol. The first-order valence-electron chi connectivity index (χ1n) is 5.35. The Morgan fingerprint density at radius 3 is 2.47 bits per heavy atom. The van der Waals surface area contributed by atoms with Crippen LogP contribution in [-0.2, 0) is 13.2 Å². The number of rotatable bonds is 4. The summed E-state index contributed by atoms with van der Waals surface area (Å²) in [4.78, 5) is 0. The first kappa shape index (κ1) is 12.1. The third kappa shape index (κ3) is 3.32. The maximum Gasteiger partial charge on any atom is 0.134 e. The van der Waals surface area contributed by atoms with E-state index in [1.54, 1.807) is 0 Å². The van der Waals surface area contributed by atoms with Gasteiger partial charge in [-0.05, 0) is 39.2 Å². The summed E-state index contributed by atoms with van der Waals surface area (Å²) in [5.74, 6) is 0.750. The van der Waals surface area contributed by atoms with Crippen molar-refractivity contribution >= 4 is 15.9 Å². The largest absolute Gasteiger partial charge is 0.488 e. The van der Waals surface area contributed by atoms with Gasteiger partial charge in [0, 0.05) is 0 Å². The van der Waals surface area contributed by atoms with Gasteiger partial charge in [-0.3, -0.25) is 0 Å². The first-order valence-corrected chi connectivity index (χ1v) is 6.15. The van der Waals surface area contributed by atoms with Crippen molar-refractivity contribution in [1.82, 2.24) is 0 Å². The molecule has 0 aliphatic carbocycles. The third-order valence-electron chi connectivity index (χ3n) is 2.42. The van der Waals surface area contributed by atoms with Crippen molar-refractivity contribution in [2.24, 2.45) is 0 Å². The van der Waals surface area contributed by atoms with Gasteiger partial charge in [-0.15, -0.1) is 0 Å². The Bertz CT molecular complexity index is 483. The molecule has 0 aliphatic rings. The van der Waals surface area contributed by atoms with Crippen LogP contribution in [0.5, 0.6) is 5.75 Å². The van der Waals surface area contributed by atoms with Crippen LogP contribution in [-0.4, -0.2) is 5.11 Å². The quantitative estimate of drug-likeness (QED) is 0.934. The van der Waals surface area contributed by atoms with E-state index in [9.17, 15) is 0 Å². The Labute approximate surface area is 109 Å². The predicted octanol–water partition coefficient (Wildman–Crippen LogP) is 3.52. The number of benzene rings is 2. The van der Waals surface area contributed by atoms with E-state index < -0.39 is 0 Å². The summed E-state index contributed by atoms with van der Waals surface area (Å²) >= 11 is 3.43. The summed E-state index contributed by atoms with van der Waals surface area (Å²) in [5.41, 5.74) is 1.96. The molecule has 0 unspecified atom stereocenters. The van der Waals surface area contributed by atoms with Gasteiger partial charge < -0.3 is 9.84 Å². The van der Waals surface area contributed by atoms with E-state index in [1.807, 2.05) is 48.5 Å². The zero-order chi connectivity index (χ0) is 12.1. The highest BCUT2D eigenvalue weighted by Gasteiger charge is 2.03. The number of ether oxygens (including phenoxy) is 1. The maximum absolute atomic E-state index is 9.07. The summed E-state index contributed by atoms with van der Waals surface area (Å²) in [6.45, 7) is 0.545. The molecule has 2 aromatic rings. The normalized spacial score (nSPS) is 10.2. The van der Waals surface area contributed by atoms with Crippen LogP contribution in [0.2, 0.25) is 0 Å². The number of hydrogen-bond donors (Lipinski definition) is 1. The molecule has 2 aromatic carbocycles. The van der Waals surface area contributed by atoms with Crippen molar-refractivity contribution in [2.75, 3.05) is 0 Å². The average molecular weight is 293 g/mol. The number of aliphatic hydroxyl groups is 1. The molecule has 2 nitrogen and oxygen atoms in total. The summed E-state index contributed by atoms with van der Waals surface area (Å²) < 4.78 is 6.60. The minimum absolute atomic E-state index is 0.0228. The van der Waals surface area contributed by atoms with E-state index in [2.05, 4.69) is 15.9 Å². The Hall–Kier alpha value is -1.32. The standard InChI is InChI=1S/C14H13BrO2/c15-13-7-6-12(9-16)8-14(13)17-10-11-4-2-1-3-5-11/h1-8,16H,9-10H2. The van der Waals surface area contributed by atoms with Gasteiger partial charge in [0.15, 0.2) is 0 Å². The summed E-state index contributed by atoms with van der Waals surface area (Å²) in [7, 11) is 0. The minimum atomic E-state index is 0.0228. The molecule has 3 heteroatoms. The molecule has 0 aromatic heterocycles. The molecule has 0 atom stereocenters. The lowest BCUT2D eigenvalue weighted by Crippen LogP contribution is -1.96. The van der Waals surface area contributed by atoms with Crippen LogP contribution in [0.25, 0.3) is 0 Å². The number of aliphatic hydroxyl groups excluding tert-OH is 1. The molecule has 0 saturated heterocycles. The van der Waals surface area contributed by atoms with Gasteiger partial charge in [-0.2, -0.15) is 0 Å². The van der Waals surface area contributed by atoms with E-state index in [0.29, 0.717) is 6.61 Å². The number of halogens is 1. The van der Waals surface area contributed by atoms with E-state index >= 15 is 0 Å². The van der Waals surface area contributed by atoms with Crippen LogP contribution in [0.4, 0.5) is 0 Å². The molecule has 1 N–H and O–H groups in total. The van der Waals surface area contributed by atoms with E-state index in [1.165, 1.54) is 0 Å².